The number of aryl methyl sites for hydroxylation is 1. The highest BCUT2D eigenvalue weighted by molar-refractivity contribution is 5.67. The molecule has 0 bridgehead atoms. The number of rotatable bonds is 1. The van der Waals surface area contributed by atoms with Crippen LogP contribution in [0.2, 0.25) is 0 Å². The molecule has 2 heteroatoms. The van der Waals surface area contributed by atoms with Crippen molar-refractivity contribution in [3.05, 3.63) is 41.2 Å². The predicted molar refractivity (Wildman–Crippen MR) is 68.1 cm³/mol. The molecule has 1 aliphatic rings. The maximum atomic E-state index is 13.5. The fraction of sp³-hybridized carbons (Fsp3) is 0.467. The summed E-state index contributed by atoms with van der Waals surface area (Å²) in [6.45, 7) is 6.02. The van der Waals surface area contributed by atoms with Crippen molar-refractivity contribution in [1.82, 2.24) is 0 Å². The van der Waals surface area contributed by atoms with Crippen molar-refractivity contribution in [2.24, 2.45) is 5.41 Å². The zero-order valence-electron chi connectivity index (χ0n) is 10.6. The van der Waals surface area contributed by atoms with Crippen LogP contribution < -0.4 is 0 Å². The van der Waals surface area contributed by atoms with E-state index in [0.717, 1.165) is 24.0 Å². The highest BCUT2D eigenvalue weighted by Gasteiger charge is 2.28. The molecule has 2 rings (SSSR count). The molecule has 0 aromatic heterocycles. The molecule has 1 aromatic carbocycles. The lowest BCUT2D eigenvalue weighted by atomic mass is 9.74. The summed E-state index contributed by atoms with van der Waals surface area (Å²) in [6.07, 6.45) is 3.09. The molecule has 0 aliphatic heterocycles. The molecule has 0 fully saturated rings. The van der Waals surface area contributed by atoms with Gasteiger partial charge >= 0.3 is 0 Å². The third-order valence-corrected chi connectivity index (χ3v) is 3.37. The topological polar surface area (TPSA) is 20.2 Å². The molecular weight excluding hydrogens is 215 g/mol. The van der Waals surface area contributed by atoms with Crippen molar-refractivity contribution in [3.63, 3.8) is 0 Å². The Morgan fingerprint density at radius 1 is 1.35 bits per heavy atom. The van der Waals surface area contributed by atoms with Gasteiger partial charge < -0.3 is 5.11 Å². The molecule has 1 aromatic rings. The second-order valence-corrected chi connectivity index (χ2v) is 5.77. The molecular formula is C15H19FO. The summed E-state index contributed by atoms with van der Waals surface area (Å²) in [7, 11) is 0. The molecule has 0 amide bonds. The normalized spacial score (nSPS) is 23.4. The monoisotopic (exact) mass is 234 g/mol. The third-order valence-electron chi connectivity index (χ3n) is 3.37. The van der Waals surface area contributed by atoms with Gasteiger partial charge in [-0.2, -0.15) is 0 Å². The zero-order chi connectivity index (χ0) is 12.6. The van der Waals surface area contributed by atoms with E-state index in [0.29, 0.717) is 5.56 Å². The Kier molecular flexibility index (Phi) is 3.09. The third kappa shape index (κ3) is 2.75. The lowest BCUT2D eigenvalue weighted by Crippen LogP contribution is -2.24. The van der Waals surface area contributed by atoms with Crippen molar-refractivity contribution in [3.8, 4) is 0 Å². The summed E-state index contributed by atoms with van der Waals surface area (Å²) in [5.41, 5.74) is 2.67. The Bertz CT molecular complexity index is 460. The molecule has 0 radical (unpaired) electrons. The van der Waals surface area contributed by atoms with E-state index in [-0.39, 0.29) is 11.2 Å². The first-order valence-corrected chi connectivity index (χ1v) is 6.03. The van der Waals surface area contributed by atoms with Crippen LogP contribution in [0.5, 0.6) is 0 Å². The summed E-state index contributed by atoms with van der Waals surface area (Å²) in [4.78, 5) is 0. The highest BCUT2D eigenvalue weighted by atomic mass is 19.1. The molecule has 1 N–H and O–H groups in total. The van der Waals surface area contributed by atoms with Crippen LogP contribution in [-0.4, -0.2) is 11.2 Å². The minimum Gasteiger partial charge on any atom is -0.389 e. The molecule has 92 valence electrons. The smallest absolute Gasteiger partial charge is 0.126 e. The number of hydrogen-bond donors (Lipinski definition) is 1. The van der Waals surface area contributed by atoms with Crippen LogP contribution in [0.4, 0.5) is 4.39 Å². The van der Waals surface area contributed by atoms with E-state index in [1.54, 1.807) is 19.1 Å². The van der Waals surface area contributed by atoms with Crippen LogP contribution in [-0.2, 0) is 0 Å². The van der Waals surface area contributed by atoms with Gasteiger partial charge in [0, 0.05) is 0 Å². The van der Waals surface area contributed by atoms with Crippen LogP contribution in [0, 0.1) is 18.2 Å². The predicted octanol–water partition coefficient (Wildman–Crippen LogP) is 3.70. The van der Waals surface area contributed by atoms with Gasteiger partial charge in [0.1, 0.15) is 5.82 Å². The Balaban J connectivity index is 2.36. The lowest BCUT2D eigenvalue weighted by Gasteiger charge is -2.32. The Morgan fingerprint density at radius 2 is 2.06 bits per heavy atom. The lowest BCUT2D eigenvalue weighted by molar-refractivity contribution is 0.146. The molecule has 1 aliphatic carbocycles. The highest BCUT2D eigenvalue weighted by Crippen LogP contribution is 2.39. The van der Waals surface area contributed by atoms with E-state index in [4.69, 9.17) is 0 Å². The van der Waals surface area contributed by atoms with Crippen molar-refractivity contribution in [1.29, 1.82) is 0 Å². The van der Waals surface area contributed by atoms with E-state index in [2.05, 4.69) is 13.8 Å². The molecule has 0 heterocycles. The van der Waals surface area contributed by atoms with Crippen LogP contribution >= 0.6 is 0 Å². The standard InChI is InChI=1S/C15H19FO/c1-10-4-5-11(7-14(10)16)12-6-13(17)9-15(2,3)8-12/h4-7,13,17H,8-9H2,1-3H3. The zero-order valence-corrected chi connectivity index (χ0v) is 10.6. The quantitative estimate of drug-likeness (QED) is 0.785. The Hall–Kier alpha value is -1.15. The Labute approximate surface area is 102 Å². The molecule has 1 atom stereocenters. The van der Waals surface area contributed by atoms with Gasteiger partial charge in [0.25, 0.3) is 0 Å². The van der Waals surface area contributed by atoms with Crippen molar-refractivity contribution in [2.45, 2.75) is 39.7 Å². The molecule has 17 heavy (non-hydrogen) atoms. The van der Waals surface area contributed by atoms with Crippen LogP contribution in [0.3, 0.4) is 0 Å². The van der Waals surface area contributed by atoms with Gasteiger partial charge in [0.15, 0.2) is 0 Å². The summed E-state index contributed by atoms with van der Waals surface area (Å²) in [5.74, 6) is -0.179. The van der Waals surface area contributed by atoms with Gasteiger partial charge in [-0.3, -0.25) is 0 Å². The number of benzene rings is 1. The molecule has 0 saturated carbocycles. The van der Waals surface area contributed by atoms with Crippen molar-refractivity contribution in [2.75, 3.05) is 0 Å². The fourth-order valence-corrected chi connectivity index (χ4v) is 2.49. The summed E-state index contributed by atoms with van der Waals surface area (Å²) < 4.78 is 13.5. The molecule has 1 unspecified atom stereocenters. The summed E-state index contributed by atoms with van der Waals surface area (Å²) in [5, 5.41) is 9.83. The fourth-order valence-electron chi connectivity index (χ4n) is 2.49. The first-order valence-electron chi connectivity index (χ1n) is 6.03. The van der Waals surface area contributed by atoms with Gasteiger partial charge in [-0.15, -0.1) is 0 Å². The van der Waals surface area contributed by atoms with Gasteiger partial charge in [-0.1, -0.05) is 32.1 Å². The van der Waals surface area contributed by atoms with Crippen LogP contribution in [0.25, 0.3) is 5.57 Å². The van der Waals surface area contributed by atoms with E-state index in [1.807, 2.05) is 12.1 Å². The maximum absolute atomic E-state index is 13.5. The van der Waals surface area contributed by atoms with E-state index >= 15 is 0 Å². The van der Waals surface area contributed by atoms with Crippen molar-refractivity contribution < 1.29 is 9.50 Å². The number of halogens is 1. The Morgan fingerprint density at radius 3 is 2.65 bits per heavy atom. The van der Waals surface area contributed by atoms with Gasteiger partial charge in [-0.05, 0) is 47.9 Å². The van der Waals surface area contributed by atoms with E-state index in [9.17, 15) is 9.50 Å². The van der Waals surface area contributed by atoms with E-state index in [1.165, 1.54) is 0 Å². The molecule has 0 spiro atoms. The SMILES string of the molecule is Cc1ccc(C2=CC(O)CC(C)(C)C2)cc1F. The largest absolute Gasteiger partial charge is 0.389 e. The van der Waals surface area contributed by atoms with Crippen LogP contribution in [0.15, 0.2) is 24.3 Å². The second-order valence-electron chi connectivity index (χ2n) is 5.77. The minimum atomic E-state index is -0.418. The average molecular weight is 234 g/mol. The van der Waals surface area contributed by atoms with Gasteiger partial charge in [0.2, 0.25) is 0 Å². The first kappa shape index (κ1) is 12.3. The number of aliphatic hydroxyl groups excluding tert-OH is 1. The maximum Gasteiger partial charge on any atom is 0.126 e. The summed E-state index contributed by atoms with van der Waals surface area (Å²) >= 11 is 0. The van der Waals surface area contributed by atoms with Crippen molar-refractivity contribution >= 4 is 5.57 Å². The van der Waals surface area contributed by atoms with Gasteiger partial charge in [0.05, 0.1) is 6.10 Å². The number of hydrogen-bond acceptors (Lipinski definition) is 1. The average Bonchev–Trinajstić information content (AvgIpc) is 2.19. The van der Waals surface area contributed by atoms with Crippen LogP contribution in [0.1, 0.15) is 37.8 Å². The first-order chi connectivity index (χ1) is 7.87. The number of aliphatic hydroxyl groups is 1. The van der Waals surface area contributed by atoms with Gasteiger partial charge in [-0.25, -0.2) is 4.39 Å². The molecule has 0 saturated heterocycles. The van der Waals surface area contributed by atoms with E-state index < -0.39 is 6.10 Å². The minimum absolute atomic E-state index is 0.0743. The summed E-state index contributed by atoms with van der Waals surface area (Å²) in [6, 6.07) is 5.28. The number of allylic oxidation sites excluding steroid dienone is 1. The second kappa shape index (κ2) is 4.26. The molecule has 1 nitrogen and oxygen atoms in total.